The number of methoxy groups -OCH3 is 1. The molecule has 5 aromatic rings. The summed E-state index contributed by atoms with van der Waals surface area (Å²) >= 11 is 6.13. The zero-order valence-corrected chi connectivity index (χ0v) is 21.9. The number of rotatable bonds is 7. The Balaban J connectivity index is 1.43. The maximum Gasteiger partial charge on any atom is 0.178 e. The molecule has 0 aliphatic rings. The molecule has 188 valence electrons. The molecule has 0 aliphatic carbocycles. The molecule has 1 unspecified atom stereocenters. The van der Waals surface area contributed by atoms with Gasteiger partial charge in [0.05, 0.1) is 18.2 Å². The highest BCUT2D eigenvalue weighted by molar-refractivity contribution is 6.31. The van der Waals surface area contributed by atoms with Crippen molar-refractivity contribution in [3.05, 3.63) is 95.4 Å². The summed E-state index contributed by atoms with van der Waals surface area (Å²) in [5.74, 6) is 1.51. The fourth-order valence-corrected chi connectivity index (χ4v) is 4.31. The number of benzene rings is 3. The van der Waals surface area contributed by atoms with Crippen LogP contribution in [0.25, 0.3) is 10.9 Å². The first-order valence-electron chi connectivity index (χ1n) is 11.9. The molecule has 37 heavy (non-hydrogen) atoms. The van der Waals surface area contributed by atoms with Crippen LogP contribution in [0.5, 0.6) is 5.75 Å². The van der Waals surface area contributed by atoms with Gasteiger partial charge in [-0.2, -0.15) is 0 Å². The maximum absolute atomic E-state index is 6.13. The van der Waals surface area contributed by atoms with Crippen molar-refractivity contribution in [1.82, 2.24) is 25.2 Å². The van der Waals surface area contributed by atoms with Gasteiger partial charge in [-0.05, 0) is 97.4 Å². The molecule has 9 heteroatoms. The summed E-state index contributed by atoms with van der Waals surface area (Å²) < 4.78 is 7.20. The lowest BCUT2D eigenvalue weighted by Gasteiger charge is -2.25. The van der Waals surface area contributed by atoms with Crippen molar-refractivity contribution >= 4 is 39.6 Å². The molecule has 0 saturated carbocycles. The Bertz CT molecular complexity index is 1510. The second-order valence-corrected chi connectivity index (χ2v) is 10.1. The third kappa shape index (κ3) is 5.34. The molecule has 0 aliphatic heterocycles. The fraction of sp³-hybridized carbons (Fsp3) is 0.214. The van der Waals surface area contributed by atoms with Gasteiger partial charge in [-0.25, -0.2) is 4.68 Å². The van der Waals surface area contributed by atoms with Crippen molar-refractivity contribution < 1.29 is 4.74 Å². The van der Waals surface area contributed by atoms with Crippen LogP contribution in [0.15, 0.2) is 79.0 Å². The largest absolute Gasteiger partial charge is 0.497 e. The quantitative estimate of drug-likeness (QED) is 0.254. The number of hydrogen-bond donors (Lipinski definition) is 2. The van der Waals surface area contributed by atoms with Crippen LogP contribution in [0.3, 0.4) is 0 Å². The third-order valence-electron chi connectivity index (χ3n) is 6.02. The predicted octanol–water partition coefficient (Wildman–Crippen LogP) is 6.58. The lowest BCUT2D eigenvalue weighted by molar-refractivity contribution is 0.333. The van der Waals surface area contributed by atoms with Gasteiger partial charge in [-0.3, -0.25) is 4.98 Å². The van der Waals surface area contributed by atoms with Gasteiger partial charge in [0.25, 0.3) is 0 Å². The highest BCUT2D eigenvalue weighted by atomic mass is 35.5. The second kappa shape index (κ2) is 10.1. The first-order chi connectivity index (χ1) is 17.8. The van der Waals surface area contributed by atoms with Crippen LogP contribution >= 0.6 is 11.6 Å². The van der Waals surface area contributed by atoms with Crippen molar-refractivity contribution in [3.63, 3.8) is 0 Å². The first-order valence-corrected chi connectivity index (χ1v) is 12.3. The number of aromatic nitrogens is 5. The zero-order valence-electron chi connectivity index (χ0n) is 21.1. The Morgan fingerprint density at radius 3 is 2.35 bits per heavy atom. The van der Waals surface area contributed by atoms with E-state index in [1.165, 1.54) is 0 Å². The second-order valence-electron chi connectivity index (χ2n) is 9.69. The molecule has 0 saturated heterocycles. The van der Waals surface area contributed by atoms with Gasteiger partial charge in [0.1, 0.15) is 11.8 Å². The van der Waals surface area contributed by atoms with E-state index in [1.54, 1.807) is 13.3 Å². The van der Waals surface area contributed by atoms with E-state index in [9.17, 15) is 0 Å². The number of fused-ring (bicyclic) bond motifs is 1. The molecular formula is C28H28ClN7O. The molecule has 3 aromatic carbocycles. The van der Waals surface area contributed by atoms with Crippen molar-refractivity contribution in [2.75, 3.05) is 17.7 Å². The molecule has 0 bridgehead atoms. The average Bonchev–Trinajstić information content (AvgIpc) is 3.39. The summed E-state index contributed by atoms with van der Waals surface area (Å²) in [5.41, 5.74) is 4.42. The van der Waals surface area contributed by atoms with Crippen molar-refractivity contribution in [2.24, 2.45) is 0 Å². The number of anilines is 3. The van der Waals surface area contributed by atoms with Crippen molar-refractivity contribution in [1.29, 1.82) is 0 Å². The van der Waals surface area contributed by atoms with E-state index in [2.05, 4.69) is 51.9 Å². The minimum absolute atomic E-state index is 0.271. The Labute approximate surface area is 220 Å². The Hall–Kier alpha value is -4.17. The lowest BCUT2D eigenvalue weighted by atomic mass is 10.0. The number of nitrogens with one attached hydrogen (secondary N) is 2. The van der Waals surface area contributed by atoms with E-state index in [-0.39, 0.29) is 11.6 Å². The number of tetrazole rings is 1. The van der Waals surface area contributed by atoms with Gasteiger partial charge >= 0.3 is 0 Å². The molecule has 2 N–H and O–H groups in total. The highest BCUT2D eigenvalue weighted by Gasteiger charge is 2.27. The number of hydrogen-bond acceptors (Lipinski definition) is 7. The summed E-state index contributed by atoms with van der Waals surface area (Å²) in [7, 11) is 1.66. The van der Waals surface area contributed by atoms with E-state index < -0.39 is 0 Å². The molecule has 0 amide bonds. The van der Waals surface area contributed by atoms with Crippen LogP contribution in [-0.2, 0) is 5.54 Å². The predicted molar refractivity (Wildman–Crippen MR) is 148 cm³/mol. The minimum atomic E-state index is -0.281. The number of pyridine rings is 1. The van der Waals surface area contributed by atoms with Crippen molar-refractivity contribution in [2.45, 2.75) is 32.4 Å². The zero-order chi connectivity index (χ0) is 26.0. The molecular weight excluding hydrogens is 486 g/mol. The summed E-state index contributed by atoms with van der Waals surface area (Å²) in [6, 6.07) is 23.4. The van der Waals surface area contributed by atoms with Crippen LogP contribution in [0.2, 0.25) is 5.02 Å². The van der Waals surface area contributed by atoms with Gasteiger partial charge in [0, 0.05) is 33.7 Å². The number of nitrogens with zero attached hydrogens (tertiary/aromatic N) is 5. The van der Waals surface area contributed by atoms with Crippen LogP contribution in [0.1, 0.15) is 38.2 Å². The Kier molecular flexibility index (Phi) is 6.67. The molecule has 8 nitrogen and oxygen atoms in total. The van der Waals surface area contributed by atoms with E-state index in [1.807, 2.05) is 77.5 Å². The fourth-order valence-electron chi connectivity index (χ4n) is 4.15. The SMILES string of the molecule is COc1ccc(C(Nc2ccc(Nc3ccnc4cc(Cl)ccc34)cc2)c2nnnn2C(C)(C)C)cc1. The minimum Gasteiger partial charge on any atom is -0.497 e. The molecule has 2 aromatic heterocycles. The molecule has 0 spiro atoms. The van der Waals surface area contributed by atoms with Gasteiger partial charge in [0.15, 0.2) is 5.82 Å². The van der Waals surface area contributed by atoms with Crippen LogP contribution in [0.4, 0.5) is 17.1 Å². The lowest BCUT2D eigenvalue weighted by Crippen LogP contribution is -2.29. The third-order valence-corrected chi connectivity index (χ3v) is 6.25. The van der Waals surface area contributed by atoms with Gasteiger partial charge in [-0.1, -0.05) is 23.7 Å². The van der Waals surface area contributed by atoms with E-state index in [4.69, 9.17) is 16.3 Å². The molecule has 1 atom stereocenters. The smallest absolute Gasteiger partial charge is 0.178 e. The Morgan fingerprint density at radius 1 is 0.919 bits per heavy atom. The molecule has 2 heterocycles. The van der Waals surface area contributed by atoms with Gasteiger partial charge in [-0.15, -0.1) is 5.10 Å². The molecule has 0 radical (unpaired) electrons. The normalized spacial score (nSPS) is 12.4. The summed E-state index contributed by atoms with van der Waals surface area (Å²) in [5, 5.41) is 21.4. The van der Waals surface area contributed by atoms with Gasteiger partial charge in [0.2, 0.25) is 0 Å². The number of halogens is 1. The van der Waals surface area contributed by atoms with Crippen LogP contribution in [-0.4, -0.2) is 32.3 Å². The monoisotopic (exact) mass is 513 g/mol. The highest BCUT2D eigenvalue weighted by Crippen LogP contribution is 2.31. The molecule has 5 rings (SSSR count). The average molecular weight is 514 g/mol. The van der Waals surface area contributed by atoms with Crippen LogP contribution < -0.4 is 15.4 Å². The Morgan fingerprint density at radius 2 is 1.65 bits per heavy atom. The van der Waals surface area contributed by atoms with E-state index in [0.717, 1.165) is 45.1 Å². The standard InChI is InChI=1S/C28H28ClN7O/c1-28(2,3)36-27(33-34-35-36)26(18-5-12-22(37-4)13-6-18)32-21-10-8-20(9-11-21)31-24-15-16-30-25-17-19(29)7-14-23(24)25/h5-17,26,32H,1-4H3,(H,30,31). The van der Waals surface area contributed by atoms with E-state index in [0.29, 0.717) is 5.02 Å². The van der Waals surface area contributed by atoms with E-state index >= 15 is 0 Å². The van der Waals surface area contributed by atoms with Gasteiger partial charge < -0.3 is 15.4 Å². The van der Waals surface area contributed by atoms with Crippen LogP contribution in [0, 0.1) is 0 Å². The first kappa shape index (κ1) is 24.5. The summed E-state index contributed by atoms with van der Waals surface area (Å²) in [6.45, 7) is 6.24. The topological polar surface area (TPSA) is 89.8 Å². The summed E-state index contributed by atoms with van der Waals surface area (Å²) in [6.07, 6.45) is 1.77. The number of ether oxygens (including phenoxy) is 1. The van der Waals surface area contributed by atoms with Crippen molar-refractivity contribution in [3.8, 4) is 5.75 Å². The summed E-state index contributed by atoms with van der Waals surface area (Å²) in [4.78, 5) is 4.42. The molecule has 0 fully saturated rings. The maximum atomic E-state index is 6.13.